The molecule has 0 aliphatic carbocycles. The highest BCUT2D eigenvalue weighted by molar-refractivity contribution is 9.09. The minimum Gasteiger partial charge on any atom is -0.379 e. The molecule has 128 valence electrons. The van der Waals surface area contributed by atoms with E-state index >= 15 is 0 Å². The number of amides is 1. The van der Waals surface area contributed by atoms with Gasteiger partial charge in [0.1, 0.15) is 0 Å². The van der Waals surface area contributed by atoms with Crippen LogP contribution in [0.2, 0.25) is 0 Å². The van der Waals surface area contributed by atoms with Crippen molar-refractivity contribution in [2.45, 2.75) is 17.7 Å². The molecule has 1 heterocycles. The van der Waals surface area contributed by atoms with Gasteiger partial charge in [-0.1, -0.05) is 28.1 Å². The summed E-state index contributed by atoms with van der Waals surface area (Å²) in [6.45, 7) is 2.20. The van der Waals surface area contributed by atoms with Crippen LogP contribution >= 0.6 is 15.9 Å². The number of ether oxygens (including phenoxy) is 1. The van der Waals surface area contributed by atoms with Crippen molar-refractivity contribution in [1.29, 1.82) is 0 Å². The van der Waals surface area contributed by atoms with Gasteiger partial charge in [-0.2, -0.15) is 4.31 Å². The minimum atomic E-state index is -3.44. The van der Waals surface area contributed by atoms with Crippen LogP contribution in [-0.4, -0.2) is 56.8 Å². The number of morpholine rings is 1. The molecule has 0 unspecified atom stereocenters. The number of rotatable bonds is 7. The summed E-state index contributed by atoms with van der Waals surface area (Å²) in [4.78, 5) is 11.7. The number of hydrogen-bond acceptors (Lipinski definition) is 4. The Kier molecular flexibility index (Phi) is 7.01. The lowest BCUT2D eigenvalue weighted by Crippen LogP contribution is -2.40. The second-order valence-corrected chi connectivity index (χ2v) is 7.93. The highest BCUT2D eigenvalue weighted by atomic mass is 79.9. The molecule has 1 saturated heterocycles. The number of nitrogens with zero attached hydrogens (tertiary/aromatic N) is 1. The molecule has 1 aromatic rings. The summed E-state index contributed by atoms with van der Waals surface area (Å²) in [7, 11) is -3.44. The normalized spacial score (nSPS) is 16.2. The lowest BCUT2D eigenvalue weighted by molar-refractivity contribution is -0.120. The molecule has 1 amide bonds. The molecule has 1 N–H and O–H groups in total. The Balaban J connectivity index is 1.92. The fourth-order valence-corrected chi connectivity index (χ4v) is 4.05. The molecule has 1 aliphatic heterocycles. The number of sulfonamides is 1. The minimum absolute atomic E-state index is 0.00777. The molecule has 1 fully saturated rings. The number of alkyl halides is 1. The van der Waals surface area contributed by atoms with E-state index in [1.165, 1.54) is 4.31 Å². The number of carbonyl (C=O) groups is 1. The maximum Gasteiger partial charge on any atom is 0.243 e. The molecule has 0 saturated carbocycles. The van der Waals surface area contributed by atoms with Crippen LogP contribution in [0.1, 0.15) is 12.0 Å². The topological polar surface area (TPSA) is 75.7 Å². The van der Waals surface area contributed by atoms with Crippen molar-refractivity contribution in [3.63, 3.8) is 0 Å². The second-order valence-electron chi connectivity index (χ2n) is 5.20. The molecule has 1 aliphatic rings. The molecule has 23 heavy (non-hydrogen) atoms. The number of carbonyl (C=O) groups excluding carboxylic acids is 1. The predicted molar refractivity (Wildman–Crippen MR) is 91.1 cm³/mol. The van der Waals surface area contributed by atoms with Gasteiger partial charge in [0.15, 0.2) is 0 Å². The Labute approximate surface area is 145 Å². The Bertz CT molecular complexity index is 613. The first-order valence-corrected chi connectivity index (χ1v) is 10.1. The molecule has 0 radical (unpaired) electrons. The largest absolute Gasteiger partial charge is 0.379 e. The Hall–Kier alpha value is -0.960. The average molecular weight is 405 g/mol. The summed E-state index contributed by atoms with van der Waals surface area (Å²) in [6, 6.07) is 6.84. The van der Waals surface area contributed by atoms with Crippen molar-refractivity contribution in [2.75, 3.05) is 38.2 Å². The van der Waals surface area contributed by atoms with E-state index in [0.29, 0.717) is 55.9 Å². The van der Waals surface area contributed by atoms with Crippen LogP contribution in [-0.2, 0) is 26.0 Å². The molecular weight excluding hydrogens is 384 g/mol. The Morgan fingerprint density at radius 2 is 1.87 bits per heavy atom. The number of nitrogens with one attached hydrogen (secondary N) is 1. The summed E-state index contributed by atoms with van der Waals surface area (Å²) < 4.78 is 31.6. The highest BCUT2D eigenvalue weighted by Crippen LogP contribution is 2.17. The quantitative estimate of drug-likeness (QED) is 0.691. The van der Waals surface area contributed by atoms with Gasteiger partial charge in [0.25, 0.3) is 0 Å². The summed E-state index contributed by atoms with van der Waals surface area (Å²) >= 11 is 3.22. The third-order valence-corrected chi connectivity index (χ3v) is 5.90. The van der Waals surface area contributed by atoms with Crippen LogP contribution in [0.25, 0.3) is 0 Å². The van der Waals surface area contributed by atoms with E-state index < -0.39 is 10.0 Å². The van der Waals surface area contributed by atoms with Crippen LogP contribution in [0.4, 0.5) is 0 Å². The molecule has 0 bridgehead atoms. The van der Waals surface area contributed by atoms with Gasteiger partial charge in [0, 0.05) is 31.4 Å². The molecular formula is C15H21BrN2O4S. The number of hydrogen-bond donors (Lipinski definition) is 1. The summed E-state index contributed by atoms with van der Waals surface area (Å²) in [5, 5.41) is 3.47. The first kappa shape index (κ1) is 18.4. The maximum atomic E-state index is 12.5. The van der Waals surface area contributed by atoms with E-state index in [-0.39, 0.29) is 5.91 Å². The van der Waals surface area contributed by atoms with Gasteiger partial charge in [-0.3, -0.25) is 4.79 Å². The lowest BCUT2D eigenvalue weighted by atomic mass is 10.1. The van der Waals surface area contributed by atoms with Gasteiger partial charge in [-0.15, -0.1) is 0 Å². The molecule has 0 spiro atoms. The monoisotopic (exact) mass is 404 g/mol. The highest BCUT2D eigenvalue weighted by Gasteiger charge is 2.25. The van der Waals surface area contributed by atoms with E-state index in [2.05, 4.69) is 21.2 Å². The fourth-order valence-electron chi connectivity index (χ4n) is 2.28. The third kappa shape index (κ3) is 5.27. The predicted octanol–water partition coefficient (Wildman–Crippen LogP) is 1.15. The molecule has 2 rings (SSSR count). The zero-order valence-corrected chi connectivity index (χ0v) is 15.2. The van der Waals surface area contributed by atoms with Gasteiger partial charge in [0.05, 0.1) is 18.1 Å². The van der Waals surface area contributed by atoms with Crippen molar-refractivity contribution in [3.05, 3.63) is 29.8 Å². The van der Waals surface area contributed by atoms with E-state index in [9.17, 15) is 13.2 Å². The van der Waals surface area contributed by atoms with Crippen LogP contribution < -0.4 is 5.32 Å². The standard InChI is InChI=1S/C15H21BrN2O4S/c16-7-5-15(19)17-8-6-13-1-3-14(4-2-13)23(20,21)18-9-11-22-12-10-18/h1-4H,5-12H2,(H,17,19). The lowest BCUT2D eigenvalue weighted by Gasteiger charge is -2.26. The van der Waals surface area contributed by atoms with Gasteiger partial charge in [0.2, 0.25) is 15.9 Å². The van der Waals surface area contributed by atoms with E-state index in [1.54, 1.807) is 24.3 Å². The fraction of sp³-hybridized carbons (Fsp3) is 0.533. The van der Waals surface area contributed by atoms with E-state index in [4.69, 9.17) is 4.74 Å². The summed E-state index contributed by atoms with van der Waals surface area (Å²) in [6.07, 6.45) is 1.13. The van der Waals surface area contributed by atoms with Crippen molar-refractivity contribution in [1.82, 2.24) is 9.62 Å². The van der Waals surface area contributed by atoms with Gasteiger partial charge < -0.3 is 10.1 Å². The smallest absolute Gasteiger partial charge is 0.243 e. The van der Waals surface area contributed by atoms with E-state index in [0.717, 1.165) is 5.56 Å². The first-order chi connectivity index (χ1) is 11.0. The average Bonchev–Trinajstić information content (AvgIpc) is 2.56. The Morgan fingerprint density at radius 3 is 2.48 bits per heavy atom. The van der Waals surface area contributed by atoms with Gasteiger partial charge in [-0.05, 0) is 24.1 Å². The van der Waals surface area contributed by atoms with Gasteiger partial charge >= 0.3 is 0 Å². The maximum absolute atomic E-state index is 12.5. The number of benzene rings is 1. The SMILES string of the molecule is O=C(CCBr)NCCc1ccc(S(=O)(=O)N2CCOCC2)cc1. The zero-order chi connectivity index (χ0) is 16.7. The zero-order valence-electron chi connectivity index (χ0n) is 12.8. The first-order valence-electron chi connectivity index (χ1n) is 7.53. The molecule has 1 aromatic carbocycles. The van der Waals surface area contributed by atoms with Gasteiger partial charge in [-0.25, -0.2) is 8.42 Å². The van der Waals surface area contributed by atoms with E-state index in [1.807, 2.05) is 0 Å². The van der Waals surface area contributed by atoms with Crippen LogP contribution in [0.15, 0.2) is 29.2 Å². The molecule has 0 aromatic heterocycles. The number of halogens is 1. The van der Waals surface area contributed by atoms with Crippen molar-refractivity contribution < 1.29 is 17.9 Å². The van der Waals surface area contributed by atoms with Crippen LogP contribution in [0.5, 0.6) is 0 Å². The molecule has 6 nitrogen and oxygen atoms in total. The second kappa shape index (κ2) is 8.77. The molecule has 8 heteroatoms. The summed E-state index contributed by atoms with van der Waals surface area (Å²) in [5.74, 6) is 0.00777. The van der Waals surface area contributed by atoms with Crippen molar-refractivity contribution in [2.24, 2.45) is 0 Å². The summed E-state index contributed by atoms with van der Waals surface area (Å²) in [5.41, 5.74) is 0.991. The van der Waals surface area contributed by atoms with Crippen LogP contribution in [0, 0.1) is 0 Å². The van der Waals surface area contributed by atoms with Crippen LogP contribution in [0.3, 0.4) is 0 Å². The molecule has 0 atom stereocenters. The third-order valence-electron chi connectivity index (χ3n) is 3.59. The van der Waals surface area contributed by atoms with Crippen molar-refractivity contribution in [3.8, 4) is 0 Å². The van der Waals surface area contributed by atoms with Crippen molar-refractivity contribution >= 4 is 31.9 Å². The Morgan fingerprint density at radius 1 is 1.22 bits per heavy atom.